The predicted octanol–water partition coefficient (Wildman–Crippen LogP) is 5.77. The summed E-state index contributed by atoms with van der Waals surface area (Å²) < 4.78 is 5.54. The van der Waals surface area contributed by atoms with Crippen LogP contribution in [0.4, 0.5) is 27.9 Å². The number of benzene rings is 2. The topological polar surface area (TPSA) is 82.6 Å². The number of halogens is 1. The van der Waals surface area contributed by atoms with Crippen molar-refractivity contribution in [2.45, 2.75) is 45.8 Å². The molecule has 0 radical (unpaired) electrons. The Kier molecular flexibility index (Phi) is 7.22. The number of piperazine rings is 1. The van der Waals surface area contributed by atoms with E-state index in [-0.39, 0.29) is 6.09 Å². The summed E-state index contributed by atoms with van der Waals surface area (Å²) in [6, 6.07) is 14.9. The number of amides is 1. The first kappa shape index (κ1) is 25.3. The van der Waals surface area contributed by atoms with Crippen LogP contribution in [0.1, 0.15) is 37.5 Å². The standard InChI is InChI=1S/C28H33ClN6O2/c1-28(2,3)37-27(36)35-11-9-34(10-12-35)18-21-13-20-8-7-19-5-4-6-22(14-19)32-26-30-17-24(29)25(33-26)31-23(15-20)16-21/h4-6,13-17H,7-12,18H2,1-3H3,(H2,30,31,32,33). The van der Waals surface area contributed by atoms with Crippen LogP contribution in [0.15, 0.2) is 48.7 Å². The first-order valence-corrected chi connectivity index (χ1v) is 13.1. The van der Waals surface area contributed by atoms with Gasteiger partial charge >= 0.3 is 6.09 Å². The van der Waals surface area contributed by atoms with E-state index in [1.54, 1.807) is 11.1 Å². The summed E-state index contributed by atoms with van der Waals surface area (Å²) in [6.07, 6.45) is 3.21. The lowest BCUT2D eigenvalue weighted by Gasteiger charge is -2.35. The molecule has 6 bridgehead atoms. The first-order valence-electron chi connectivity index (χ1n) is 12.7. The molecule has 0 saturated carbocycles. The molecule has 0 aliphatic carbocycles. The molecule has 1 aromatic heterocycles. The van der Waals surface area contributed by atoms with E-state index < -0.39 is 5.60 Å². The van der Waals surface area contributed by atoms with Crippen molar-refractivity contribution < 1.29 is 9.53 Å². The molecule has 2 aliphatic rings. The van der Waals surface area contributed by atoms with Gasteiger partial charge in [0.25, 0.3) is 0 Å². The fourth-order valence-corrected chi connectivity index (χ4v) is 4.76. The van der Waals surface area contributed by atoms with Crippen molar-refractivity contribution in [2.24, 2.45) is 0 Å². The summed E-state index contributed by atoms with van der Waals surface area (Å²) in [6.45, 7) is 9.39. The Labute approximate surface area is 223 Å². The van der Waals surface area contributed by atoms with E-state index in [2.05, 4.69) is 55.8 Å². The summed E-state index contributed by atoms with van der Waals surface area (Å²) in [5.74, 6) is 1.05. The summed E-state index contributed by atoms with van der Waals surface area (Å²) in [5.41, 5.74) is 5.10. The molecule has 3 aromatic rings. The molecule has 2 N–H and O–H groups in total. The Morgan fingerprint density at radius 1 is 1.00 bits per heavy atom. The lowest BCUT2D eigenvalue weighted by Crippen LogP contribution is -2.49. The Bertz CT molecular complexity index is 1280. The van der Waals surface area contributed by atoms with E-state index in [4.69, 9.17) is 16.3 Å². The van der Waals surface area contributed by atoms with Crippen molar-refractivity contribution in [2.75, 3.05) is 36.8 Å². The number of nitrogens with zero attached hydrogens (tertiary/aromatic N) is 4. The summed E-state index contributed by atoms with van der Waals surface area (Å²) in [5, 5.41) is 7.15. The highest BCUT2D eigenvalue weighted by molar-refractivity contribution is 6.32. The van der Waals surface area contributed by atoms with Crippen molar-refractivity contribution in [3.8, 4) is 0 Å². The van der Waals surface area contributed by atoms with Gasteiger partial charge in [-0.25, -0.2) is 9.78 Å². The van der Waals surface area contributed by atoms with Crippen LogP contribution in [-0.2, 0) is 24.1 Å². The zero-order valence-electron chi connectivity index (χ0n) is 21.6. The maximum Gasteiger partial charge on any atom is 0.410 e. The second kappa shape index (κ2) is 10.6. The monoisotopic (exact) mass is 520 g/mol. The van der Waals surface area contributed by atoms with E-state index in [0.717, 1.165) is 43.9 Å². The Morgan fingerprint density at radius 3 is 2.54 bits per heavy atom. The number of anilines is 4. The van der Waals surface area contributed by atoms with Crippen LogP contribution >= 0.6 is 11.6 Å². The highest BCUT2D eigenvalue weighted by Gasteiger charge is 2.26. The number of aryl methyl sites for hydroxylation is 2. The maximum atomic E-state index is 12.4. The van der Waals surface area contributed by atoms with Gasteiger partial charge in [0.05, 0.1) is 6.20 Å². The van der Waals surface area contributed by atoms with Crippen LogP contribution in [0.5, 0.6) is 0 Å². The van der Waals surface area contributed by atoms with Gasteiger partial charge in [-0.05, 0) is 74.6 Å². The predicted molar refractivity (Wildman–Crippen MR) is 147 cm³/mol. The molecule has 1 saturated heterocycles. The number of hydrogen-bond acceptors (Lipinski definition) is 7. The van der Waals surface area contributed by atoms with Crippen LogP contribution in [0.25, 0.3) is 0 Å². The summed E-state index contributed by atoms with van der Waals surface area (Å²) >= 11 is 6.44. The van der Waals surface area contributed by atoms with Crippen molar-refractivity contribution in [1.82, 2.24) is 19.8 Å². The third-order valence-electron chi connectivity index (χ3n) is 6.38. The van der Waals surface area contributed by atoms with Crippen molar-refractivity contribution in [3.63, 3.8) is 0 Å². The minimum absolute atomic E-state index is 0.238. The molecule has 2 aliphatic heterocycles. The highest BCUT2D eigenvalue weighted by atomic mass is 35.5. The van der Waals surface area contributed by atoms with Crippen molar-refractivity contribution in [3.05, 3.63) is 70.4 Å². The molecule has 8 nitrogen and oxygen atoms in total. The first-order chi connectivity index (χ1) is 17.7. The fraction of sp³-hybridized carbons (Fsp3) is 0.393. The van der Waals surface area contributed by atoms with E-state index in [1.165, 1.54) is 16.7 Å². The van der Waals surface area contributed by atoms with Gasteiger partial charge in [-0.1, -0.05) is 29.8 Å². The number of carbonyl (C=O) groups is 1. The minimum atomic E-state index is -0.484. The van der Waals surface area contributed by atoms with Crippen LogP contribution in [0.2, 0.25) is 5.02 Å². The SMILES string of the molecule is CC(C)(C)OC(=O)N1CCN(Cc2cc3cc(c2)Nc2nc(ncc2Cl)Nc2cccc(c2)CC3)CC1. The molecule has 0 atom stereocenters. The Hall–Kier alpha value is -3.36. The van der Waals surface area contributed by atoms with Crippen molar-refractivity contribution >= 4 is 40.8 Å². The van der Waals surface area contributed by atoms with E-state index >= 15 is 0 Å². The van der Waals surface area contributed by atoms with E-state index in [9.17, 15) is 4.79 Å². The molecule has 0 unspecified atom stereocenters. The lowest BCUT2D eigenvalue weighted by atomic mass is 10.0. The van der Waals surface area contributed by atoms with Gasteiger partial charge in [-0.2, -0.15) is 4.98 Å². The largest absolute Gasteiger partial charge is 0.444 e. The number of nitrogens with one attached hydrogen (secondary N) is 2. The molecule has 3 heterocycles. The number of hydrogen-bond donors (Lipinski definition) is 2. The molecule has 5 rings (SSSR count). The zero-order chi connectivity index (χ0) is 26.0. The zero-order valence-corrected chi connectivity index (χ0v) is 22.3. The third kappa shape index (κ3) is 6.70. The molecule has 2 aromatic carbocycles. The number of aromatic nitrogens is 2. The van der Waals surface area contributed by atoms with E-state index in [0.29, 0.717) is 29.9 Å². The lowest BCUT2D eigenvalue weighted by molar-refractivity contribution is 0.0139. The Morgan fingerprint density at radius 2 is 1.76 bits per heavy atom. The molecule has 1 amide bonds. The average Bonchev–Trinajstić information content (AvgIpc) is 2.84. The smallest absolute Gasteiger partial charge is 0.410 e. The number of fused-ring (bicyclic) bond motifs is 6. The van der Waals surface area contributed by atoms with E-state index in [1.807, 2.05) is 32.9 Å². The quantitative estimate of drug-likeness (QED) is 0.444. The van der Waals surface area contributed by atoms with Gasteiger partial charge in [0, 0.05) is 44.1 Å². The van der Waals surface area contributed by atoms with Gasteiger partial charge in [0.15, 0.2) is 5.82 Å². The molecule has 0 spiro atoms. The summed E-state index contributed by atoms with van der Waals surface area (Å²) in [4.78, 5) is 25.6. The second-order valence-corrected chi connectivity index (χ2v) is 11.0. The summed E-state index contributed by atoms with van der Waals surface area (Å²) in [7, 11) is 0. The normalized spacial score (nSPS) is 15.9. The number of carbonyl (C=O) groups excluding carboxylic acids is 1. The average molecular weight is 521 g/mol. The fourth-order valence-electron chi connectivity index (χ4n) is 4.62. The number of ether oxygens (including phenoxy) is 1. The molecule has 9 heteroatoms. The van der Waals surface area contributed by atoms with Gasteiger partial charge in [-0.3, -0.25) is 4.90 Å². The van der Waals surface area contributed by atoms with Gasteiger partial charge in [0.2, 0.25) is 5.95 Å². The maximum absolute atomic E-state index is 12.4. The van der Waals surface area contributed by atoms with Crippen LogP contribution in [-0.4, -0.2) is 57.6 Å². The van der Waals surface area contributed by atoms with Crippen LogP contribution in [0, 0.1) is 0 Å². The van der Waals surface area contributed by atoms with Crippen molar-refractivity contribution in [1.29, 1.82) is 0 Å². The van der Waals surface area contributed by atoms with Crippen LogP contribution in [0.3, 0.4) is 0 Å². The molecule has 194 valence electrons. The number of rotatable bonds is 2. The van der Waals surface area contributed by atoms with Gasteiger partial charge < -0.3 is 20.3 Å². The highest BCUT2D eigenvalue weighted by Crippen LogP contribution is 2.28. The minimum Gasteiger partial charge on any atom is -0.444 e. The molecular weight excluding hydrogens is 488 g/mol. The molecular formula is C28H33ClN6O2. The Balaban J connectivity index is 1.35. The van der Waals surface area contributed by atoms with Crippen LogP contribution < -0.4 is 10.6 Å². The van der Waals surface area contributed by atoms with Gasteiger partial charge in [0.1, 0.15) is 10.6 Å². The second-order valence-electron chi connectivity index (χ2n) is 10.6. The third-order valence-corrected chi connectivity index (χ3v) is 6.65. The molecule has 1 fully saturated rings. The molecule has 37 heavy (non-hydrogen) atoms. The van der Waals surface area contributed by atoms with Gasteiger partial charge in [-0.15, -0.1) is 0 Å².